The van der Waals surface area contributed by atoms with Crippen molar-refractivity contribution in [2.24, 2.45) is 5.73 Å². The lowest BCUT2D eigenvalue weighted by molar-refractivity contribution is -0.158. The highest BCUT2D eigenvalue weighted by Crippen LogP contribution is 2.27. The molecule has 3 heteroatoms. The van der Waals surface area contributed by atoms with Crippen LogP contribution in [-0.2, 0) is 9.53 Å². The van der Waals surface area contributed by atoms with Crippen molar-refractivity contribution in [1.29, 1.82) is 0 Å². The molecule has 0 spiro atoms. The lowest BCUT2D eigenvalue weighted by Gasteiger charge is -2.30. The third kappa shape index (κ3) is 11.7. The number of unbranched alkanes of at least 4 members (excludes halogenated alkanes) is 8. The summed E-state index contributed by atoms with van der Waals surface area (Å²) >= 11 is 0. The van der Waals surface area contributed by atoms with E-state index in [0.717, 1.165) is 25.7 Å². The maximum atomic E-state index is 11.6. The van der Waals surface area contributed by atoms with Crippen LogP contribution in [0.3, 0.4) is 0 Å². The van der Waals surface area contributed by atoms with Crippen molar-refractivity contribution in [3.63, 3.8) is 0 Å². The van der Waals surface area contributed by atoms with Crippen LogP contribution < -0.4 is 5.73 Å². The molecule has 0 unspecified atom stereocenters. The summed E-state index contributed by atoms with van der Waals surface area (Å²) in [6, 6.07) is 0. The molecule has 0 radical (unpaired) electrons. The Labute approximate surface area is 132 Å². The molecule has 0 aliphatic heterocycles. The van der Waals surface area contributed by atoms with Gasteiger partial charge in [-0.05, 0) is 32.6 Å². The number of hydrogen-bond acceptors (Lipinski definition) is 3. The van der Waals surface area contributed by atoms with E-state index in [0.29, 0.717) is 0 Å². The zero-order valence-corrected chi connectivity index (χ0v) is 14.6. The first-order chi connectivity index (χ1) is 10.1. The summed E-state index contributed by atoms with van der Waals surface area (Å²) in [4.78, 5) is 11.6. The van der Waals surface area contributed by atoms with Crippen LogP contribution in [-0.4, -0.2) is 18.1 Å². The van der Waals surface area contributed by atoms with Crippen LogP contribution in [0.5, 0.6) is 0 Å². The molecule has 0 amide bonds. The zero-order valence-electron chi connectivity index (χ0n) is 14.6. The Morgan fingerprint density at radius 3 is 1.67 bits per heavy atom. The maximum absolute atomic E-state index is 11.6. The predicted molar refractivity (Wildman–Crippen MR) is 90.3 cm³/mol. The smallest absolute Gasteiger partial charge is 0.320 e. The van der Waals surface area contributed by atoms with E-state index in [1.807, 2.05) is 0 Å². The van der Waals surface area contributed by atoms with Crippen molar-refractivity contribution in [3.05, 3.63) is 0 Å². The third-order valence-electron chi connectivity index (χ3n) is 4.15. The second kappa shape index (κ2) is 13.1. The van der Waals surface area contributed by atoms with E-state index in [-0.39, 0.29) is 18.1 Å². The molecule has 0 aliphatic carbocycles. The van der Waals surface area contributed by atoms with Gasteiger partial charge in [0.1, 0.15) is 5.60 Å². The van der Waals surface area contributed by atoms with Gasteiger partial charge < -0.3 is 10.5 Å². The topological polar surface area (TPSA) is 52.3 Å². The summed E-state index contributed by atoms with van der Waals surface area (Å²) in [6.07, 6.45) is 14.4. The van der Waals surface area contributed by atoms with Gasteiger partial charge in [0.2, 0.25) is 0 Å². The van der Waals surface area contributed by atoms with E-state index >= 15 is 0 Å². The lowest BCUT2D eigenvalue weighted by Crippen LogP contribution is -2.34. The van der Waals surface area contributed by atoms with Gasteiger partial charge in [0.15, 0.2) is 0 Å². The fourth-order valence-corrected chi connectivity index (χ4v) is 2.75. The van der Waals surface area contributed by atoms with Gasteiger partial charge in [-0.1, -0.05) is 65.2 Å². The first kappa shape index (κ1) is 20.4. The van der Waals surface area contributed by atoms with Crippen molar-refractivity contribution >= 4 is 5.97 Å². The molecule has 0 rings (SSSR count). The van der Waals surface area contributed by atoms with Crippen LogP contribution >= 0.6 is 0 Å². The average Bonchev–Trinajstić information content (AvgIpc) is 2.46. The van der Waals surface area contributed by atoms with Crippen molar-refractivity contribution in [1.82, 2.24) is 0 Å². The van der Waals surface area contributed by atoms with Gasteiger partial charge >= 0.3 is 5.97 Å². The summed E-state index contributed by atoms with van der Waals surface area (Å²) in [5, 5.41) is 0. The molecular formula is C18H37NO2. The summed E-state index contributed by atoms with van der Waals surface area (Å²) in [5.74, 6) is -0.264. The quantitative estimate of drug-likeness (QED) is 0.364. The van der Waals surface area contributed by atoms with Crippen molar-refractivity contribution in [3.8, 4) is 0 Å². The van der Waals surface area contributed by atoms with E-state index in [2.05, 4.69) is 20.8 Å². The number of ether oxygens (including phenoxy) is 1. The molecule has 0 saturated carbocycles. The Hall–Kier alpha value is -0.570. The van der Waals surface area contributed by atoms with Gasteiger partial charge in [-0.3, -0.25) is 4.79 Å². The van der Waals surface area contributed by atoms with E-state index in [1.54, 1.807) is 0 Å². The van der Waals surface area contributed by atoms with Gasteiger partial charge in [-0.15, -0.1) is 0 Å². The standard InChI is InChI=1S/C18H37NO2/c1-4-6-8-10-12-14-18(3,21-17(20)16-19)15-13-11-9-7-5-2/h4-16,19H2,1-3H3. The number of carbonyl (C=O) groups excluding carboxylic acids is 1. The zero-order chi connectivity index (χ0) is 16.0. The van der Waals surface area contributed by atoms with Gasteiger partial charge in [-0.25, -0.2) is 0 Å². The Bertz CT molecular complexity index is 240. The van der Waals surface area contributed by atoms with Crippen LogP contribution in [0.4, 0.5) is 0 Å². The van der Waals surface area contributed by atoms with E-state index in [1.165, 1.54) is 51.4 Å². The lowest BCUT2D eigenvalue weighted by atomic mass is 9.91. The number of esters is 1. The molecule has 0 aromatic carbocycles. The normalized spacial score (nSPS) is 11.6. The Balaban J connectivity index is 4.10. The van der Waals surface area contributed by atoms with Crippen molar-refractivity contribution in [2.75, 3.05) is 6.54 Å². The molecular weight excluding hydrogens is 262 g/mol. The van der Waals surface area contributed by atoms with E-state index in [4.69, 9.17) is 10.5 Å². The van der Waals surface area contributed by atoms with Crippen molar-refractivity contribution in [2.45, 2.75) is 103 Å². The molecule has 0 bridgehead atoms. The predicted octanol–water partition coefficient (Wildman–Crippen LogP) is 4.97. The summed E-state index contributed by atoms with van der Waals surface area (Å²) < 4.78 is 5.64. The number of nitrogens with two attached hydrogens (primary N) is 1. The van der Waals surface area contributed by atoms with Crippen LogP contribution in [0.2, 0.25) is 0 Å². The van der Waals surface area contributed by atoms with Crippen LogP contribution in [0.1, 0.15) is 97.8 Å². The first-order valence-corrected chi connectivity index (χ1v) is 9.00. The Kier molecular flexibility index (Phi) is 12.8. The molecule has 0 heterocycles. The molecule has 0 fully saturated rings. The molecule has 0 aromatic rings. The highest BCUT2D eigenvalue weighted by Gasteiger charge is 2.27. The second-order valence-corrected chi connectivity index (χ2v) is 6.46. The number of rotatable bonds is 14. The summed E-state index contributed by atoms with van der Waals surface area (Å²) in [7, 11) is 0. The SMILES string of the molecule is CCCCCCCC(C)(CCCCCCC)OC(=O)CN. The molecule has 3 nitrogen and oxygen atoms in total. The Morgan fingerprint density at radius 1 is 0.857 bits per heavy atom. The fraction of sp³-hybridized carbons (Fsp3) is 0.944. The molecule has 126 valence electrons. The largest absolute Gasteiger partial charge is 0.458 e. The minimum absolute atomic E-state index is 0.0126. The average molecular weight is 299 g/mol. The Morgan fingerprint density at radius 2 is 1.29 bits per heavy atom. The molecule has 2 N–H and O–H groups in total. The number of carbonyl (C=O) groups is 1. The van der Waals surface area contributed by atoms with Gasteiger partial charge in [0.05, 0.1) is 6.54 Å². The minimum Gasteiger partial charge on any atom is -0.458 e. The third-order valence-corrected chi connectivity index (χ3v) is 4.15. The molecule has 21 heavy (non-hydrogen) atoms. The molecule has 0 saturated heterocycles. The highest BCUT2D eigenvalue weighted by atomic mass is 16.6. The van der Waals surface area contributed by atoms with Crippen molar-refractivity contribution < 1.29 is 9.53 Å². The van der Waals surface area contributed by atoms with Crippen LogP contribution in [0.25, 0.3) is 0 Å². The maximum Gasteiger partial charge on any atom is 0.320 e. The van der Waals surface area contributed by atoms with Gasteiger partial charge in [0.25, 0.3) is 0 Å². The summed E-state index contributed by atoms with van der Waals surface area (Å²) in [6.45, 7) is 6.52. The van der Waals surface area contributed by atoms with Crippen LogP contribution in [0, 0.1) is 0 Å². The van der Waals surface area contributed by atoms with Crippen LogP contribution in [0.15, 0.2) is 0 Å². The second-order valence-electron chi connectivity index (χ2n) is 6.46. The molecule has 0 aromatic heterocycles. The fourth-order valence-electron chi connectivity index (χ4n) is 2.75. The van der Waals surface area contributed by atoms with E-state index < -0.39 is 0 Å². The molecule has 0 aliphatic rings. The minimum atomic E-state index is -0.311. The number of hydrogen-bond donors (Lipinski definition) is 1. The molecule has 0 atom stereocenters. The van der Waals surface area contributed by atoms with Gasteiger partial charge in [0, 0.05) is 0 Å². The highest BCUT2D eigenvalue weighted by molar-refractivity contribution is 5.71. The summed E-state index contributed by atoms with van der Waals surface area (Å²) in [5.41, 5.74) is 5.08. The van der Waals surface area contributed by atoms with Gasteiger partial charge in [-0.2, -0.15) is 0 Å². The first-order valence-electron chi connectivity index (χ1n) is 9.00. The van der Waals surface area contributed by atoms with E-state index in [9.17, 15) is 4.79 Å². The monoisotopic (exact) mass is 299 g/mol.